The average Bonchev–Trinajstić information content (AvgIpc) is 2.22. The van der Waals surface area contributed by atoms with Crippen LogP contribution in [0.25, 0.3) is 21.3 Å². The van der Waals surface area contributed by atoms with Crippen LogP contribution < -0.4 is 0 Å². The molecule has 0 aromatic carbocycles. The Morgan fingerprint density at radius 2 is 0.667 bits per heavy atom. The van der Waals surface area contributed by atoms with Gasteiger partial charge < -0.3 is 21.3 Å². The Morgan fingerprint density at radius 1 is 0.400 bits per heavy atom. The van der Waals surface area contributed by atoms with E-state index in [1.165, 1.54) is 0 Å². The third-order valence-corrected chi connectivity index (χ3v) is 2.10. The van der Waals surface area contributed by atoms with E-state index in [1.54, 1.807) is 0 Å². The molecule has 0 amide bonds. The Hall–Kier alpha value is 0.359. The van der Waals surface area contributed by atoms with Gasteiger partial charge in [-0.25, -0.2) is 0 Å². The second-order valence-corrected chi connectivity index (χ2v) is 3.39. The molecule has 1 fully saturated rings. The molecule has 0 bridgehead atoms. The van der Waals surface area contributed by atoms with Crippen molar-refractivity contribution in [3.63, 3.8) is 0 Å². The number of rotatable bonds is 0. The van der Waals surface area contributed by atoms with Gasteiger partial charge >= 0.3 is 17.1 Å². The molecule has 4 nitrogen and oxygen atoms in total. The summed E-state index contributed by atoms with van der Waals surface area (Å²) in [6.07, 6.45) is 2.17. The first-order valence-corrected chi connectivity index (χ1v) is 5.53. The zero-order chi connectivity index (χ0) is 9.90. The summed E-state index contributed by atoms with van der Waals surface area (Å²) in [5.74, 6) is 0. The SMILES string of the molecule is C1C[N-]CC[N-]CCC[N-]CC[N-]C1.[Cu+2]. The Labute approximate surface area is 104 Å². The molecule has 0 saturated carbocycles. The molecule has 0 atom stereocenters. The standard InChI is InChI=1S/C10H20N4.Cu/c1-3-11-7-9-13-5-2-6-14-10-8-12-4-1;/h1-10H2;/q-4;+2. The number of hydrogen-bond acceptors (Lipinski definition) is 0. The van der Waals surface area contributed by atoms with E-state index in [-0.39, 0.29) is 17.1 Å². The fraction of sp³-hybridized carbons (Fsp3) is 1.00. The molecule has 1 heterocycles. The predicted molar refractivity (Wildman–Crippen MR) is 61.6 cm³/mol. The van der Waals surface area contributed by atoms with Gasteiger partial charge in [0, 0.05) is 0 Å². The van der Waals surface area contributed by atoms with Gasteiger partial charge in [-0.2, -0.15) is 52.4 Å². The van der Waals surface area contributed by atoms with Crippen LogP contribution in [0.4, 0.5) is 0 Å². The van der Waals surface area contributed by atoms with Gasteiger partial charge in [0.2, 0.25) is 0 Å². The van der Waals surface area contributed by atoms with E-state index in [4.69, 9.17) is 0 Å². The Morgan fingerprint density at radius 3 is 0.933 bits per heavy atom. The maximum atomic E-state index is 4.38. The molecule has 0 N–H and O–H groups in total. The topological polar surface area (TPSA) is 56.4 Å². The van der Waals surface area contributed by atoms with E-state index < -0.39 is 0 Å². The van der Waals surface area contributed by atoms with Gasteiger partial charge in [-0.1, -0.05) is 12.8 Å². The van der Waals surface area contributed by atoms with Crippen molar-refractivity contribution in [2.75, 3.05) is 52.4 Å². The molecule has 93 valence electrons. The van der Waals surface area contributed by atoms with Crippen LogP contribution >= 0.6 is 0 Å². The molecule has 1 aliphatic heterocycles. The van der Waals surface area contributed by atoms with Gasteiger partial charge in [-0.05, 0) is 0 Å². The van der Waals surface area contributed by atoms with Gasteiger partial charge in [0.1, 0.15) is 0 Å². The largest absolute Gasteiger partial charge is 2.00 e. The zero-order valence-corrected chi connectivity index (χ0v) is 10.1. The maximum Gasteiger partial charge on any atom is 2.00 e. The van der Waals surface area contributed by atoms with Crippen molar-refractivity contribution in [1.29, 1.82) is 0 Å². The molecule has 1 saturated heterocycles. The molecular weight excluding hydrogens is 240 g/mol. The van der Waals surface area contributed by atoms with Crippen molar-refractivity contribution < 1.29 is 17.1 Å². The summed E-state index contributed by atoms with van der Waals surface area (Å²) in [5, 5.41) is 17.5. The predicted octanol–water partition coefficient (Wildman–Crippen LogP) is 2.27. The second-order valence-electron chi connectivity index (χ2n) is 3.39. The first-order valence-electron chi connectivity index (χ1n) is 5.53. The maximum absolute atomic E-state index is 4.38. The number of hydrogen-bond donors (Lipinski definition) is 0. The molecule has 5 heteroatoms. The van der Waals surface area contributed by atoms with Gasteiger partial charge in [-0.3, -0.25) is 0 Å². The molecule has 0 aromatic heterocycles. The quantitative estimate of drug-likeness (QED) is 0.600. The Balaban J connectivity index is 0.00000196. The molecule has 0 aliphatic carbocycles. The molecule has 1 radical (unpaired) electrons. The summed E-state index contributed by atoms with van der Waals surface area (Å²) in [4.78, 5) is 0. The normalized spacial score (nSPS) is 22.4. The monoisotopic (exact) mass is 259 g/mol. The van der Waals surface area contributed by atoms with Crippen molar-refractivity contribution in [1.82, 2.24) is 0 Å². The molecule has 15 heavy (non-hydrogen) atoms. The molecule has 0 aromatic rings. The van der Waals surface area contributed by atoms with Crippen LogP contribution in [0.5, 0.6) is 0 Å². The van der Waals surface area contributed by atoms with E-state index in [2.05, 4.69) is 21.3 Å². The smallest absolute Gasteiger partial charge is 0.664 e. The fourth-order valence-corrected chi connectivity index (χ4v) is 1.32. The summed E-state index contributed by atoms with van der Waals surface area (Å²) in [6.45, 7) is 7.31. The van der Waals surface area contributed by atoms with Crippen LogP contribution in [0.1, 0.15) is 12.8 Å². The van der Waals surface area contributed by atoms with E-state index in [9.17, 15) is 0 Å². The summed E-state index contributed by atoms with van der Waals surface area (Å²) >= 11 is 0. The average molecular weight is 260 g/mol. The zero-order valence-electron chi connectivity index (χ0n) is 9.16. The van der Waals surface area contributed by atoms with Crippen LogP contribution in [0, 0.1) is 0 Å². The molecule has 0 unspecified atom stereocenters. The fourth-order valence-electron chi connectivity index (χ4n) is 1.32. The van der Waals surface area contributed by atoms with Crippen LogP contribution in [-0.2, 0) is 17.1 Å². The number of nitrogens with zero attached hydrogens (tertiary/aromatic N) is 4. The van der Waals surface area contributed by atoms with Crippen molar-refractivity contribution in [3.8, 4) is 0 Å². The molecule has 0 spiro atoms. The molecule has 1 rings (SSSR count). The van der Waals surface area contributed by atoms with Crippen molar-refractivity contribution >= 4 is 0 Å². The Bertz CT molecular complexity index is 70.7. The van der Waals surface area contributed by atoms with Gasteiger partial charge in [0.15, 0.2) is 0 Å². The van der Waals surface area contributed by atoms with Gasteiger partial charge in [0.25, 0.3) is 0 Å². The summed E-state index contributed by atoms with van der Waals surface area (Å²) in [5.41, 5.74) is 0. The Kier molecular flexibility index (Phi) is 12.7. The van der Waals surface area contributed by atoms with Gasteiger partial charge in [0.05, 0.1) is 0 Å². The van der Waals surface area contributed by atoms with Crippen molar-refractivity contribution in [2.45, 2.75) is 12.8 Å². The third-order valence-electron chi connectivity index (χ3n) is 2.10. The van der Waals surface area contributed by atoms with E-state index in [0.29, 0.717) is 0 Å². The third kappa shape index (κ3) is 10.6. The first-order chi connectivity index (χ1) is 7.00. The summed E-state index contributed by atoms with van der Waals surface area (Å²) in [6, 6.07) is 0. The van der Waals surface area contributed by atoms with E-state index in [1.807, 2.05) is 0 Å². The first kappa shape index (κ1) is 15.4. The van der Waals surface area contributed by atoms with Gasteiger partial charge in [-0.15, -0.1) is 0 Å². The van der Waals surface area contributed by atoms with E-state index >= 15 is 0 Å². The second kappa shape index (κ2) is 12.4. The van der Waals surface area contributed by atoms with Crippen molar-refractivity contribution in [3.05, 3.63) is 21.3 Å². The summed E-state index contributed by atoms with van der Waals surface area (Å²) < 4.78 is 0. The van der Waals surface area contributed by atoms with Crippen molar-refractivity contribution in [2.24, 2.45) is 0 Å². The van der Waals surface area contributed by atoms with Crippen LogP contribution in [0.15, 0.2) is 0 Å². The molecule has 1 aliphatic rings. The van der Waals surface area contributed by atoms with Crippen LogP contribution in [0.2, 0.25) is 0 Å². The van der Waals surface area contributed by atoms with Crippen LogP contribution in [0.3, 0.4) is 0 Å². The minimum absolute atomic E-state index is 0. The van der Waals surface area contributed by atoms with E-state index in [0.717, 1.165) is 65.2 Å². The minimum Gasteiger partial charge on any atom is -0.664 e. The summed E-state index contributed by atoms with van der Waals surface area (Å²) in [7, 11) is 0. The molecular formula is C10H20CuN4-2. The van der Waals surface area contributed by atoms with Crippen LogP contribution in [-0.4, -0.2) is 52.4 Å². The minimum atomic E-state index is 0.